The molecule has 0 fully saturated rings. The summed E-state index contributed by atoms with van der Waals surface area (Å²) in [6.07, 6.45) is 4.16. The molecule has 0 aliphatic carbocycles. The molecule has 0 unspecified atom stereocenters. The molecule has 4 aromatic rings. The van der Waals surface area contributed by atoms with Crippen LogP contribution in [0.2, 0.25) is 0 Å². The van der Waals surface area contributed by atoms with Crippen LogP contribution in [0.25, 0.3) is 5.65 Å². The molecule has 6 nitrogen and oxygen atoms in total. The van der Waals surface area contributed by atoms with Crippen molar-refractivity contribution in [3.63, 3.8) is 0 Å². The number of hydrogen-bond donors (Lipinski definition) is 1. The topological polar surface area (TPSA) is 72.7 Å². The molecule has 0 radical (unpaired) electrons. The lowest BCUT2D eigenvalue weighted by molar-refractivity contribution is -0.124. The van der Waals surface area contributed by atoms with Gasteiger partial charge in [-0.15, -0.1) is 0 Å². The van der Waals surface area contributed by atoms with Crippen LogP contribution in [0, 0.1) is 6.92 Å². The number of rotatable bonds is 8. The van der Waals surface area contributed by atoms with Crippen LogP contribution in [-0.4, -0.2) is 34.4 Å². The summed E-state index contributed by atoms with van der Waals surface area (Å²) in [5, 5.41) is 2.85. The van der Waals surface area contributed by atoms with E-state index in [4.69, 9.17) is 4.74 Å². The van der Waals surface area contributed by atoms with Crippen LogP contribution in [0.4, 0.5) is 0 Å². The minimum Gasteiger partial charge on any atom is -0.451 e. The number of nitrogens with one attached hydrogen (secondary N) is 1. The van der Waals surface area contributed by atoms with Gasteiger partial charge in [0, 0.05) is 24.9 Å². The molecule has 0 aliphatic rings. The highest BCUT2D eigenvalue weighted by atomic mass is 16.5. The number of fused-ring (bicyclic) bond motifs is 1. The van der Waals surface area contributed by atoms with Gasteiger partial charge in [0.1, 0.15) is 5.65 Å². The van der Waals surface area contributed by atoms with E-state index in [0.717, 1.165) is 12.0 Å². The number of aryl methyl sites for hydroxylation is 1. The summed E-state index contributed by atoms with van der Waals surface area (Å²) in [7, 11) is 0. The van der Waals surface area contributed by atoms with E-state index in [2.05, 4.69) is 34.6 Å². The van der Waals surface area contributed by atoms with Crippen molar-refractivity contribution in [3.05, 3.63) is 108 Å². The number of nitrogens with zero attached hydrogens (tertiary/aromatic N) is 2. The minimum atomic E-state index is -0.618. The fourth-order valence-corrected chi connectivity index (χ4v) is 3.69. The van der Waals surface area contributed by atoms with Crippen LogP contribution in [0.3, 0.4) is 0 Å². The highest BCUT2D eigenvalue weighted by Crippen LogP contribution is 2.27. The zero-order chi connectivity index (χ0) is 22.3. The van der Waals surface area contributed by atoms with E-state index in [-0.39, 0.29) is 24.1 Å². The van der Waals surface area contributed by atoms with Crippen molar-refractivity contribution < 1.29 is 14.3 Å². The predicted octanol–water partition coefficient (Wildman–Crippen LogP) is 4.14. The first-order valence-corrected chi connectivity index (χ1v) is 10.6. The van der Waals surface area contributed by atoms with E-state index in [0.29, 0.717) is 12.2 Å². The van der Waals surface area contributed by atoms with E-state index >= 15 is 0 Å². The molecular formula is C26H25N3O3. The summed E-state index contributed by atoms with van der Waals surface area (Å²) < 4.78 is 6.90. The third-order valence-electron chi connectivity index (χ3n) is 5.32. The van der Waals surface area contributed by atoms with Crippen LogP contribution in [0.1, 0.15) is 39.5 Å². The van der Waals surface area contributed by atoms with Crippen molar-refractivity contribution in [2.24, 2.45) is 0 Å². The van der Waals surface area contributed by atoms with Gasteiger partial charge in [-0.05, 0) is 42.2 Å². The molecular weight excluding hydrogens is 402 g/mol. The van der Waals surface area contributed by atoms with Crippen LogP contribution in [0.15, 0.2) is 85.2 Å². The molecule has 2 heterocycles. The van der Waals surface area contributed by atoms with Crippen molar-refractivity contribution >= 4 is 17.5 Å². The number of amides is 1. The average Bonchev–Trinajstić information content (AvgIpc) is 3.25. The summed E-state index contributed by atoms with van der Waals surface area (Å²) in [5.41, 5.74) is 4.28. The number of carbonyl (C=O) groups is 2. The van der Waals surface area contributed by atoms with E-state index in [1.807, 2.05) is 61.7 Å². The first-order valence-electron chi connectivity index (χ1n) is 10.6. The number of carbonyl (C=O) groups excluding carboxylic acids is 2. The zero-order valence-electron chi connectivity index (χ0n) is 17.9. The van der Waals surface area contributed by atoms with Gasteiger partial charge >= 0.3 is 5.97 Å². The van der Waals surface area contributed by atoms with Gasteiger partial charge in [-0.25, -0.2) is 9.78 Å². The first kappa shape index (κ1) is 21.3. The largest absolute Gasteiger partial charge is 0.451 e. The Morgan fingerprint density at radius 1 is 1.00 bits per heavy atom. The lowest BCUT2D eigenvalue weighted by Gasteiger charge is -2.18. The highest BCUT2D eigenvalue weighted by molar-refractivity contribution is 5.90. The van der Waals surface area contributed by atoms with E-state index < -0.39 is 5.97 Å². The molecule has 162 valence electrons. The van der Waals surface area contributed by atoms with Gasteiger partial charge in [0.15, 0.2) is 12.3 Å². The molecule has 1 N–H and O–H groups in total. The quantitative estimate of drug-likeness (QED) is 0.429. The summed E-state index contributed by atoms with van der Waals surface area (Å²) in [4.78, 5) is 28.8. The lowest BCUT2D eigenvalue weighted by atomic mass is 9.88. The van der Waals surface area contributed by atoms with Crippen LogP contribution < -0.4 is 5.32 Å². The fourth-order valence-electron chi connectivity index (χ4n) is 3.69. The third kappa shape index (κ3) is 5.21. The first-order chi connectivity index (χ1) is 15.6. The van der Waals surface area contributed by atoms with Gasteiger partial charge in [-0.2, -0.15) is 0 Å². The van der Waals surface area contributed by atoms with Gasteiger partial charge in [0.25, 0.3) is 5.91 Å². The predicted molar refractivity (Wildman–Crippen MR) is 123 cm³/mol. The smallest absolute Gasteiger partial charge is 0.359 e. The Kier molecular flexibility index (Phi) is 6.60. The van der Waals surface area contributed by atoms with E-state index in [1.54, 1.807) is 10.6 Å². The monoisotopic (exact) mass is 427 g/mol. The Hall–Kier alpha value is -3.93. The standard InChI is InChI=1S/C26H25N3O3/c1-19-13-15-29-17-23(28-24(29)16-19)26(31)32-18-25(30)27-14-12-22(20-8-4-2-5-9-20)21-10-6-3-7-11-21/h2-11,13,15-17,22H,12,14,18H2,1H3,(H,27,30). The van der Waals surface area contributed by atoms with Gasteiger partial charge in [0.2, 0.25) is 0 Å². The fraction of sp³-hybridized carbons (Fsp3) is 0.192. The molecule has 0 saturated carbocycles. The third-order valence-corrected chi connectivity index (χ3v) is 5.32. The number of ether oxygens (including phenoxy) is 1. The van der Waals surface area contributed by atoms with Crippen molar-refractivity contribution in [1.29, 1.82) is 0 Å². The zero-order valence-corrected chi connectivity index (χ0v) is 17.9. The number of hydrogen-bond acceptors (Lipinski definition) is 4. The number of pyridine rings is 1. The minimum absolute atomic E-state index is 0.168. The number of imidazole rings is 1. The Morgan fingerprint density at radius 3 is 2.31 bits per heavy atom. The number of esters is 1. The molecule has 0 bridgehead atoms. The van der Waals surface area contributed by atoms with Gasteiger partial charge in [-0.3, -0.25) is 4.79 Å². The van der Waals surface area contributed by atoms with Crippen molar-refractivity contribution in [3.8, 4) is 0 Å². The maximum atomic E-state index is 12.3. The van der Waals surface area contributed by atoms with E-state index in [9.17, 15) is 9.59 Å². The Balaban J connectivity index is 1.30. The molecule has 6 heteroatoms. The van der Waals surface area contributed by atoms with Gasteiger partial charge < -0.3 is 14.5 Å². The van der Waals surface area contributed by atoms with Crippen LogP contribution in [0.5, 0.6) is 0 Å². The Labute approximate surface area is 186 Å². The maximum absolute atomic E-state index is 12.3. The molecule has 1 amide bonds. The highest BCUT2D eigenvalue weighted by Gasteiger charge is 2.16. The second kappa shape index (κ2) is 9.92. The number of aromatic nitrogens is 2. The summed E-state index contributed by atoms with van der Waals surface area (Å²) in [6.45, 7) is 2.09. The van der Waals surface area contributed by atoms with Gasteiger partial charge in [-0.1, -0.05) is 60.7 Å². The molecule has 0 aliphatic heterocycles. The number of benzene rings is 2. The molecule has 0 atom stereocenters. The summed E-state index contributed by atoms with van der Waals surface area (Å²) in [5.74, 6) is -0.785. The Bertz CT molecular complexity index is 1160. The normalized spacial score (nSPS) is 10.9. The average molecular weight is 428 g/mol. The summed E-state index contributed by atoms with van der Waals surface area (Å²) in [6, 6.07) is 24.2. The second-order valence-electron chi connectivity index (χ2n) is 7.68. The molecule has 32 heavy (non-hydrogen) atoms. The maximum Gasteiger partial charge on any atom is 0.359 e. The van der Waals surface area contributed by atoms with Crippen molar-refractivity contribution in [2.75, 3.05) is 13.2 Å². The molecule has 0 saturated heterocycles. The van der Waals surface area contributed by atoms with Crippen LogP contribution >= 0.6 is 0 Å². The second-order valence-corrected chi connectivity index (χ2v) is 7.68. The van der Waals surface area contributed by atoms with Gasteiger partial charge in [0.05, 0.1) is 0 Å². The summed E-state index contributed by atoms with van der Waals surface area (Å²) >= 11 is 0. The molecule has 2 aromatic heterocycles. The SMILES string of the molecule is Cc1ccn2cc(C(=O)OCC(=O)NCCC(c3ccccc3)c3ccccc3)nc2c1. The Morgan fingerprint density at radius 2 is 1.66 bits per heavy atom. The van der Waals surface area contributed by atoms with Crippen molar-refractivity contribution in [1.82, 2.24) is 14.7 Å². The molecule has 4 rings (SSSR count). The molecule has 2 aromatic carbocycles. The van der Waals surface area contributed by atoms with Crippen molar-refractivity contribution in [2.45, 2.75) is 19.3 Å². The molecule has 0 spiro atoms. The van der Waals surface area contributed by atoms with E-state index in [1.165, 1.54) is 11.1 Å². The lowest BCUT2D eigenvalue weighted by Crippen LogP contribution is -2.30. The van der Waals surface area contributed by atoms with Crippen LogP contribution in [-0.2, 0) is 9.53 Å².